The SMILES string of the molecule is COc1ccc(Cn2cc(I)c3c(Oc4ccccc4)ccnc32)cc1. The number of benzene rings is 2. The molecule has 4 aromatic rings. The van der Waals surface area contributed by atoms with Gasteiger partial charge in [0.25, 0.3) is 0 Å². The molecule has 4 rings (SSSR count). The van der Waals surface area contributed by atoms with Crippen molar-refractivity contribution in [1.29, 1.82) is 0 Å². The first-order valence-corrected chi connectivity index (χ1v) is 9.31. The monoisotopic (exact) mass is 456 g/mol. The number of ether oxygens (including phenoxy) is 2. The fourth-order valence-corrected chi connectivity index (χ4v) is 3.73. The van der Waals surface area contributed by atoms with Crippen LogP contribution in [0.4, 0.5) is 0 Å². The van der Waals surface area contributed by atoms with E-state index in [-0.39, 0.29) is 0 Å². The summed E-state index contributed by atoms with van der Waals surface area (Å²) in [5.41, 5.74) is 2.11. The third-order valence-corrected chi connectivity index (χ3v) is 4.97. The molecular formula is C21H17IN2O2. The van der Waals surface area contributed by atoms with Crippen molar-refractivity contribution in [3.63, 3.8) is 0 Å². The minimum absolute atomic E-state index is 0.741. The second kappa shape index (κ2) is 7.37. The highest BCUT2D eigenvalue weighted by Gasteiger charge is 2.14. The number of para-hydroxylation sites is 1. The van der Waals surface area contributed by atoms with Crippen molar-refractivity contribution >= 4 is 33.6 Å². The van der Waals surface area contributed by atoms with Gasteiger partial charge in [0.05, 0.1) is 12.5 Å². The summed E-state index contributed by atoms with van der Waals surface area (Å²) in [5.74, 6) is 2.50. The summed E-state index contributed by atoms with van der Waals surface area (Å²) in [7, 11) is 1.68. The van der Waals surface area contributed by atoms with Crippen LogP contribution < -0.4 is 9.47 Å². The van der Waals surface area contributed by atoms with Crippen molar-refractivity contribution < 1.29 is 9.47 Å². The first-order valence-electron chi connectivity index (χ1n) is 8.24. The van der Waals surface area contributed by atoms with Crippen LogP contribution in [-0.4, -0.2) is 16.7 Å². The van der Waals surface area contributed by atoms with E-state index in [2.05, 4.69) is 50.5 Å². The summed E-state index contributed by atoms with van der Waals surface area (Å²) in [6.07, 6.45) is 3.90. The lowest BCUT2D eigenvalue weighted by Crippen LogP contribution is -1.99. The van der Waals surface area contributed by atoms with Crippen LogP contribution in [0.1, 0.15) is 5.56 Å². The van der Waals surface area contributed by atoms with E-state index in [4.69, 9.17) is 9.47 Å². The van der Waals surface area contributed by atoms with E-state index in [1.165, 1.54) is 5.56 Å². The van der Waals surface area contributed by atoms with Crippen molar-refractivity contribution in [2.24, 2.45) is 0 Å². The second-order valence-electron chi connectivity index (χ2n) is 5.88. The first kappa shape index (κ1) is 16.9. The lowest BCUT2D eigenvalue weighted by Gasteiger charge is -2.09. The van der Waals surface area contributed by atoms with Crippen LogP contribution >= 0.6 is 22.6 Å². The standard InChI is InChI=1S/C21H17IN2O2/c1-25-16-9-7-15(8-10-16)13-24-14-18(22)20-19(11-12-23-21(20)24)26-17-5-3-2-4-6-17/h2-12,14H,13H2,1H3. The normalized spacial score (nSPS) is 10.8. The number of halogens is 1. The predicted molar refractivity (Wildman–Crippen MR) is 111 cm³/mol. The van der Waals surface area contributed by atoms with Crippen molar-refractivity contribution in [3.05, 3.63) is 82.2 Å². The van der Waals surface area contributed by atoms with Crippen LogP contribution in [0.5, 0.6) is 17.2 Å². The number of aromatic nitrogens is 2. The Morgan fingerprint density at radius 1 is 0.962 bits per heavy atom. The smallest absolute Gasteiger partial charge is 0.145 e. The first-order chi connectivity index (χ1) is 12.7. The Morgan fingerprint density at radius 3 is 2.46 bits per heavy atom. The molecule has 0 aliphatic rings. The minimum Gasteiger partial charge on any atom is -0.497 e. The van der Waals surface area contributed by atoms with Gasteiger partial charge in [-0.25, -0.2) is 4.98 Å². The minimum atomic E-state index is 0.741. The number of pyridine rings is 1. The second-order valence-corrected chi connectivity index (χ2v) is 7.04. The van der Waals surface area contributed by atoms with Gasteiger partial charge in [-0.1, -0.05) is 30.3 Å². The highest BCUT2D eigenvalue weighted by atomic mass is 127. The molecule has 0 bridgehead atoms. The summed E-state index contributed by atoms with van der Waals surface area (Å²) in [6.45, 7) is 0.741. The van der Waals surface area contributed by atoms with Gasteiger partial charge in [-0.2, -0.15) is 0 Å². The Bertz CT molecular complexity index is 1030. The number of methoxy groups -OCH3 is 1. The molecule has 0 N–H and O–H groups in total. The van der Waals surface area contributed by atoms with Gasteiger partial charge in [0.1, 0.15) is 22.9 Å². The molecule has 0 fully saturated rings. The molecule has 2 heterocycles. The van der Waals surface area contributed by atoms with Gasteiger partial charge in [0.15, 0.2) is 0 Å². The Labute approximate surface area is 165 Å². The molecule has 0 amide bonds. The Hall–Kier alpha value is -2.54. The molecule has 130 valence electrons. The molecule has 0 unspecified atom stereocenters. The fraction of sp³-hybridized carbons (Fsp3) is 0.0952. The molecule has 4 nitrogen and oxygen atoms in total. The van der Waals surface area contributed by atoms with Crippen molar-refractivity contribution in [2.75, 3.05) is 7.11 Å². The summed E-state index contributed by atoms with van der Waals surface area (Å²) < 4.78 is 14.6. The quantitative estimate of drug-likeness (QED) is 0.373. The highest BCUT2D eigenvalue weighted by molar-refractivity contribution is 14.1. The molecule has 2 aromatic carbocycles. The van der Waals surface area contributed by atoms with Gasteiger partial charge in [-0.15, -0.1) is 0 Å². The van der Waals surface area contributed by atoms with Gasteiger partial charge in [-0.3, -0.25) is 0 Å². The predicted octanol–water partition coefficient (Wildman–Crippen LogP) is 5.49. The summed E-state index contributed by atoms with van der Waals surface area (Å²) in [6, 6.07) is 19.8. The van der Waals surface area contributed by atoms with E-state index in [1.54, 1.807) is 13.3 Å². The van der Waals surface area contributed by atoms with Gasteiger partial charge in [-0.05, 0) is 58.5 Å². The molecular weight excluding hydrogens is 439 g/mol. The zero-order valence-electron chi connectivity index (χ0n) is 14.2. The van der Waals surface area contributed by atoms with Gasteiger partial charge in [0, 0.05) is 22.5 Å². The number of nitrogens with zero attached hydrogens (tertiary/aromatic N) is 2. The van der Waals surface area contributed by atoms with Gasteiger partial charge < -0.3 is 14.0 Å². The Morgan fingerprint density at radius 2 is 1.73 bits per heavy atom. The number of hydrogen-bond acceptors (Lipinski definition) is 3. The highest BCUT2D eigenvalue weighted by Crippen LogP contribution is 2.33. The van der Waals surface area contributed by atoms with E-state index < -0.39 is 0 Å². The molecule has 0 saturated carbocycles. The molecule has 0 aliphatic carbocycles. The van der Waals surface area contributed by atoms with Crippen molar-refractivity contribution in [3.8, 4) is 17.2 Å². The van der Waals surface area contributed by atoms with Crippen molar-refractivity contribution in [2.45, 2.75) is 6.54 Å². The largest absolute Gasteiger partial charge is 0.497 e. The number of rotatable bonds is 5. The average molecular weight is 456 g/mol. The van der Waals surface area contributed by atoms with Gasteiger partial charge in [0.2, 0.25) is 0 Å². The van der Waals surface area contributed by atoms with E-state index in [0.29, 0.717) is 0 Å². The third kappa shape index (κ3) is 3.39. The Kier molecular flexibility index (Phi) is 4.79. The summed E-state index contributed by atoms with van der Waals surface area (Å²) in [5, 5.41) is 1.03. The zero-order valence-corrected chi connectivity index (χ0v) is 16.4. The van der Waals surface area contributed by atoms with Crippen LogP contribution in [0.15, 0.2) is 73.1 Å². The lowest BCUT2D eigenvalue weighted by atomic mass is 10.2. The van der Waals surface area contributed by atoms with E-state index in [0.717, 1.165) is 38.4 Å². The molecule has 0 saturated heterocycles. The summed E-state index contributed by atoms with van der Waals surface area (Å²) in [4.78, 5) is 4.59. The zero-order chi connectivity index (χ0) is 17.9. The van der Waals surface area contributed by atoms with Crippen LogP contribution in [0, 0.1) is 3.57 Å². The average Bonchev–Trinajstić information content (AvgIpc) is 3.00. The van der Waals surface area contributed by atoms with E-state index in [1.807, 2.05) is 48.5 Å². The number of hydrogen-bond donors (Lipinski definition) is 0. The molecule has 0 atom stereocenters. The van der Waals surface area contributed by atoms with Gasteiger partial charge >= 0.3 is 0 Å². The topological polar surface area (TPSA) is 36.3 Å². The fourth-order valence-electron chi connectivity index (χ4n) is 2.89. The van der Waals surface area contributed by atoms with E-state index in [9.17, 15) is 0 Å². The maximum atomic E-state index is 6.09. The molecule has 2 aromatic heterocycles. The lowest BCUT2D eigenvalue weighted by molar-refractivity contribution is 0.414. The third-order valence-electron chi connectivity index (χ3n) is 4.16. The molecule has 0 aliphatic heterocycles. The summed E-state index contributed by atoms with van der Waals surface area (Å²) >= 11 is 2.34. The molecule has 26 heavy (non-hydrogen) atoms. The maximum Gasteiger partial charge on any atom is 0.145 e. The van der Waals surface area contributed by atoms with Crippen LogP contribution in [0.2, 0.25) is 0 Å². The molecule has 5 heteroatoms. The molecule has 0 radical (unpaired) electrons. The van der Waals surface area contributed by atoms with E-state index >= 15 is 0 Å². The van der Waals surface area contributed by atoms with Crippen LogP contribution in [-0.2, 0) is 6.54 Å². The van der Waals surface area contributed by atoms with Crippen LogP contribution in [0.3, 0.4) is 0 Å². The maximum absolute atomic E-state index is 6.09. The van der Waals surface area contributed by atoms with Crippen molar-refractivity contribution in [1.82, 2.24) is 9.55 Å². The van der Waals surface area contributed by atoms with Crippen LogP contribution in [0.25, 0.3) is 11.0 Å². The number of fused-ring (bicyclic) bond motifs is 1. The molecule has 0 spiro atoms. The Balaban J connectivity index is 1.69.